The second-order valence-corrected chi connectivity index (χ2v) is 19.7. The van der Waals surface area contributed by atoms with Crippen LogP contribution >= 0.6 is 0 Å². The maximum Gasteiger partial charge on any atom is 0.0972 e. The van der Waals surface area contributed by atoms with Crippen LogP contribution in [-0.4, -0.2) is 29.9 Å². The van der Waals surface area contributed by atoms with Crippen molar-refractivity contribution in [1.29, 1.82) is 0 Å². The molecule has 6 heterocycles. The lowest BCUT2D eigenvalue weighted by Gasteiger charge is -2.13. The standard InChI is InChI=1S/C66H48N6/c1-37-25-38(2)29-49(28-37)55-19-13-43-7-10-46-16-22-58(70-64(46)61(43)67-55)52-34-53(59-23-17-47-11-8-44-14-20-56(68-62(44)65(47)71-59)50-30-39(3)26-40(4)31-50)36-54(35-52)60-24-18-48-12-9-45-15-21-57(69-63(45)66(48)72-60)51-32-41(5)27-42(6)33-51/h7-36H,1-6H3. The summed E-state index contributed by atoms with van der Waals surface area (Å²) in [4.78, 5) is 32.3. The fourth-order valence-corrected chi connectivity index (χ4v) is 10.7. The van der Waals surface area contributed by atoms with E-state index in [1.807, 2.05) is 0 Å². The molecule has 6 heteroatoms. The molecule has 0 spiro atoms. The Labute approximate surface area is 417 Å². The van der Waals surface area contributed by atoms with Gasteiger partial charge in [0, 0.05) is 65.7 Å². The summed E-state index contributed by atoms with van der Waals surface area (Å²) >= 11 is 0. The van der Waals surface area contributed by atoms with Gasteiger partial charge < -0.3 is 0 Å². The molecule has 6 aromatic heterocycles. The molecule has 342 valence electrons. The van der Waals surface area contributed by atoms with E-state index in [-0.39, 0.29) is 0 Å². The molecule has 0 aliphatic carbocycles. The zero-order valence-electron chi connectivity index (χ0n) is 41.0. The van der Waals surface area contributed by atoms with Crippen LogP contribution in [-0.2, 0) is 0 Å². The van der Waals surface area contributed by atoms with Crippen LogP contribution < -0.4 is 0 Å². The Kier molecular flexibility index (Phi) is 10.1. The predicted octanol–water partition coefficient (Wildman–Crippen LogP) is 16.8. The third kappa shape index (κ3) is 7.78. The summed E-state index contributed by atoms with van der Waals surface area (Å²) in [5.74, 6) is 0. The van der Waals surface area contributed by atoms with Crippen LogP contribution in [0, 0.1) is 41.5 Å². The molecule has 0 N–H and O–H groups in total. The van der Waals surface area contributed by atoms with Crippen molar-refractivity contribution in [2.75, 3.05) is 0 Å². The molecule has 13 rings (SSSR count). The summed E-state index contributed by atoms with van der Waals surface area (Å²) in [6.07, 6.45) is 0. The van der Waals surface area contributed by atoms with Crippen LogP contribution in [0.4, 0.5) is 0 Å². The molecule has 0 bridgehead atoms. The smallest absolute Gasteiger partial charge is 0.0972 e. The molecule has 7 aromatic carbocycles. The van der Waals surface area contributed by atoms with Gasteiger partial charge in [-0.3, -0.25) is 0 Å². The molecular weight excluding hydrogens is 877 g/mol. The van der Waals surface area contributed by atoms with E-state index in [1.54, 1.807) is 0 Å². The third-order valence-corrected chi connectivity index (χ3v) is 13.9. The SMILES string of the molecule is Cc1cc(C)cc(-c2ccc3ccc4ccc(-c5cc(-c6ccc7ccc8ccc(-c9cc(C)cc(C)c9)nc8c7n6)cc(-c6ccc7ccc8ccc(-c9cc(C)cc(C)c9)nc8c7n6)c5)nc4c3n2)c1. The first-order chi connectivity index (χ1) is 35.0. The Balaban J connectivity index is 1.01. The number of fused-ring (bicyclic) bond motifs is 9. The minimum absolute atomic E-state index is 0.827. The highest BCUT2D eigenvalue weighted by atomic mass is 14.8. The van der Waals surface area contributed by atoms with Crippen LogP contribution in [0.1, 0.15) is 33.4 Å². The van der Waals surface area contributed by atoms with Gasteiger partial charge in [-0.05, 0) is 133 Å². The van der Waals surface area contributed by atoms with E-state index in [1.165, 1.54) is 33.4 Å². The minimum Gasteiger partial charge on any atom is -0.245 e. The van der Waals surface area contributed by atoms with E-state index >= 15 is 0 Å². The zero-order valence-corrected chi connectivity index (χ0v) is 41.0. The quantitative estimate of drug-likeness (QED) is 0.155. The number of hydrogen-bond acceptors (Lipinski definition) is 6. The van der Waals surface area contributed by atoms with Crippen molar-refractivity contribution in [1.82, 2.24) is 29.9 Å². The van der Waals surface area contributed by atoms with E-state index in [9.17, 15) is 0 Å². The lowest BCUT2D eigenvalue weighted by atomic mass is 9.97. The second-order valence-electron chi connectivity index (χ2n) is 19.7. The summed E-state index contributed by atoms with van der Waals surface area (Å²) in [7, 11) is 0. The van der Waals surface area contributed by atoms with Crippen LogP contribution in [0.2, 0.25) is 0 Å². The van der Waals surface area contributed by atoms with Gasteiger partial charge in [-0.1, -0.05) is 124 Å². The molecule has 0 amide bonds. The summed E-state index contributed by atoms with van der Waals surface area (Å²) < 4.78 is 0. The Bertz CT molecular complexity index is 3900. The fourth-order valence-electron chi connectivity index (χ4n) is 10.7. The first-order valence-electron chi connectivity index (χ1n) is 24.6. The molecule has 0 aliphatic heterocycles. The number of rotatable bonds is 6. The minimum atomic E-state index is 0.827. The van der Waals surface area contributed by atoms with Gasteiger partial charge in [0.05, 0.1) is 67.3 Å². The molecule has 0 radical (unpaired) electrons. The Morgan fingerprint density at radius 3 is 0.514 bits per heavy atom. The maximum absolute atomic E-state index is 5.47. The highest BCUT2D eigenvalue weighted by Gasteiger charge is 2.17. The van der Waals surface area contributed by atoms with E-state index < -0.39 is 0 Å². The van der Waals surface area contributed by atoms with Gasteiger partial charge in [0.15, 0.2) is 0 Å². The van der Waals surface area contributed by atoms with Gasteiger partial charge in [-0.15, -0.1) is 0 Å². The van der Waals surface area contributed by atoms with E-state index in [0.717, 1.165) is 133 Å². The maximum atomic E-state index is 5.47. The first-order valence-corrected chi connectivity index (χ1v) is 24.6. The predicted molar refractivity (Wildman–Crippen MR) is 299 cm³/mol. The molecule has 0 saturated heterocycles. The Morgan fingerprint density at radius 2 is 0.333 bits per heavy atom. The lowest BCUT2D eigenvalue weighted by molar-refractivity contribution is 1.33. The number of benzene rings is 7. The molecule has 0 fully saturated rings. The summed E-state index contributed by atoms with van der Waals surface area (Å²) in [6.45, 7) is 12.8. The van der Waals surface area contributed by atoms with Crippen LogP contribution in [0.25, 0.3) is 133 Å². The first kappa shape index (κ1) is 43.1. The van der Waals surface area contributed by atoms with Gasteiger partial charge in [0.25, 0.3) is 0 Å². The van der Waals surface area contributed by atoms with Crippen LogP contribution in [0.5, 0.6) is 0 Å². The van der Waals surface area contributed by atoms with Crippen LogP contribution in [0.3, 0.4) is 0 Å². The van der Waals surface area contributed by atoms with Gasteiger partial charge in [0.1, 0.15) is 0 Å². The largest absolute Gasteiger partial charge is 0.245 e. The number of aromatic nitrogens is 6. The number of nitrogens with zero attached hydrogens (tertiary/aromatic N) is 6. The van der Waals surface area contributed by atoms with Crippen molar-refractivity contribution < 1.29 is 0 Å². The van der Waals surface area contributed by atoms with E-state index in [2.05, 4.69) is 224 Å². The van der Waals surface area contributed by atoms with Crippen molar-refractivity contribution in [3.63, 3.8) is 0 Å². The van der Waals surface area contributed by atoms with Crippen molar-refractivity contribution in [3.05, 3.63) is 215 Å². The van der Waals surface area contributed by atoms with Gasteiger partial charge in [0.2, 0.25) is 0 Å². The Hall–Kier alpha value is -9.00. The molecule has 0 unspecified atom stereocenters. The highest BCUT2D eigenvalue weighted by molar-refractivity contribution is 6.07. The second kappa shape index (κ2) is 16.9. The van der Waals surface area contributed by atoms with Crippen molar-refractivity contribution in [3.8, 4) is 67.5 Å². The molecular formula is C66H48N6. The normalized spacial score (nSPS) is 11.8. The number of pyridine rings is 6. The molecule has 0 atom stereocenters. The zero-order chi connectivity index (χ0) is 48.8. The number of hydrogen-bond donors (Lipinski definition) is 0. The number of aryl methyl sites for hydroxylation is 6. The molecule has 72 heavy (non-hydrogen) atoms. The van der Waals surface area contributed by atoms with E-state index in [4.69, 9.17) is 29.9 Å². The van der Waals surface area contributed by atoms with Gasteiger partial charge in [-0.25, -0.2) is 29.9 Å². The van der Waals surface area contributed by atoms with E-state index in [0.29, 0.717) is 0 Å². The average Bonchev–Trinajstić information content (AvgIpc) is 3.39. The van der Waals surface area contributed by atoms with Crippen molar-refractivity contribution in [2.45, 2.75) is 41.5 Å². The highest BCUT2D eigenvalue weighted by Crippen LogP contribution is 2.37. The molecule has 0 aliphatic rings. The van der Waals surface area contributed by atoms with Gasteiger partial charge >= 0.3 is 0 Å². The fraction of sp³-hybridized carbons (Fsp3) is 0.0909. The summed E-state index contributed by atoms with van der Waals surface area (Å²) in [5.41, 5.74) is 23.8. The molecule has 6 nitrogen and oxygen atoms in total. The monoisotopic (exact) mass is 924 g/mol. The van der Waals surface area contributed by atoms with Crippen LogP contribution in [0.15, 0.2) is 182 Å². The summed E-state index contributed by atoms with van der Waals surface area (Å²) in [5, 5.41) is 6.20. The topological polar surface area (TPSA) is 77.3 Å². The molecule has 0 saturated carbocycles. The third-order valence-electron chi connectivity index (χ3n) is 13.9. The average molecular weight is 925 g/mol. The lowest BCUT2D eigenvalue weighted by Crippen LogP contribution is -1.95. The molecule has 13 aromatic rings. The Morgan fingerprint density at radius 1 is 0.181 bits per heavy atom. The van der Waals surface area contributed by atoms with Crippen molar-refractivity contribution >= 4 is 65.4 Å². The summed E-state index contributed by atoms with van der Waals surface area (Å²) in [6, 6.07) is 64.9. The van der Waals surface area contributed by atoms with Gasteiger partial charge in [-0.2, -0.15) is 0 Å². The van der Waals surface area contributed by atoms with Crippen molar-refractivity contribution in [2.24, 2.45) is 0 Å².